The number of nitrogens with zero attached hydrogens (tertiary/aromatic N) is 4. The molecule has 2 aromatic rings. The first-order valence-electron chi connectivity index (χ1n) is 10.5. The molecule has 8 heteroatoms. The zero-order chi connectivity index (χ0) is 20.9. The van der Waals surface area contributed by atoms with E-state index in [2.05, 4.69) is 60.5 Å². The molecule has 1 aliphatic heterocycles. The molecule has 1 aliphatic rings. The van der Waals surface area contributed by atoms with Gasteiger partial charge in [0.15, 0.2) is 5.96 Å². The van der Waals surface area contributed by atoms with E-state index >= 15 is 0 Å². The molecule has 166 valence electrons. The van der Waals surface area contributed by atoms with Crippen molar-refractivity contribution >= 4 is 29.9 Å². The standard InChI is InChI=1S/C22H34N6O.HI/c1-6-23-21(26-17-11-12-20-25-16(2)27-28(20)15-17)24-13-14-29-19-10-8-7-9-18(19)22(3,4)5;/h7-10,17H,6,11-15H2,1-5H3,(H2,23,24,26);1H. The number of hydrogen-bond acceptors (Lipinski definition) is 4. The Kier molecular flexibility index (Phi) is 8.93. The van der Waals surface area contributed by atoms with E-state index in [1.165, 1.54) is 5.56 Å². The molecule has 1 atom stereocenters. The summed E-state index contributed by atoms with van der Waals surface area (Å²) in [5, 5.41) is 11.3. The number of aromatic nitrogens is 3. The maximum Gasteiger partial charge on any atom is 0.191 e. The molecule has 7 nitrogen and oxygen atoms in total. The van der Waals surface area contributed by atoms with Crippen LogP contribution in [-0.2, 0) is 18.4 Å². The van der Waals surface area contributed by atoms with Gasteiger partial charge >= 0.3 is 0 Å². The van der Waals surface area contributed by atoms with E-state index in [-0.39, 0.29) is 29.4 Å². The van der Waals surface area contributed by atoms with Gasteiger partial charge in [0, 0.05) is 19.0 Å². The van der Waals surface area contributed by atoms with Crippen LogP contribution >= 0.6 is 24.0 Å². The van der Waals surface area contributed by atoms with Crippen molar-refractivity contribution < 1.29 is 4.74 Å². The molecule has 0 bridgehead atoms. The Hall–Kier alpha value is -1.84. The molecule has 1 unspecified atom stereocenters. The van der Waals surface area contributed by atoms with Crippen LogP contribution in [0, 0.1) is 6.92 Å². The van der Waals surface area contributed by atoms with Gasteiger partial charge in [0.05, 0.1) is 13.1 Å². The number of para-hydroxylation sites is 1. The number of nitrogens with one attached hydrogen (secondary N) is 2. The molecule has 0 fully saturated rings. The number of benzene rings is 1. The van der Waals surface area contributed by atoms with E-state index < -0.39 is 0 Å². The summed E-state index contributed by atoms with van der Waals surface area (Å²) in [6.45, 7) is 13.4. The topological polar surface area (TPSA) is 76.4 Å². The molecular weight excluding hydrogens is 491 g/mol. The van der Waals surface area contributed by atoms with E-state index in [1.807, 2.05) is 23.7 Å². The number of ether oxygens (including phenoxy) is 1. The van der Waals surface area contributed by atoms with Crippen molar-refractivity contribution in [3.05, 3.63) is 41.5 Å². The summed E-state index contributed by atoms with van der Waals surface area (Å²) in [5.74, 6) is 3.68. The summed E-state index contributed by atoms with van der Waals surface area (Å²) in [7, 11) is 0. The Morgan fingerprint density at radius 2 is 2.07 bits per heavy atom. The van der Waals surface area contributed by atoms with E-state index in [0.29, 0.717) is 19.2 Å². The fourth-order valence-corrected chi connectivity index (χ4v) is 3.59. The molecule has 0 amide bonds. The van der Waals surface area contributed by atoms with Crippen molar-refractivity contribution in [2.24, 2.45) is 4.99 Å². The lowest BCUT2D eigenvalue weighted by molar-refractivity contribution is 0.318. The highest BCUT2D eigenvalue weighted by molar-refractivity contribution is 14.0. The van der Waals surface area contributed by atoms with Crippen molar-refractivity contribution in [2.45, 2.75) is 65.5 Å². The molecule has 0 spiro atoms. The Morgan fingerprint density at radius 3 is 2.80 bits per heavy atom. The Labute approximate surface area is 197 Å². The van der Waals surface area contributed by atoms with E-state index in [1.54, 1.807) is 0 Å². The number of hydrogen-bond donors (Lipinski definition) is 2. The predicted octanol–water partition coefficient (Wildman–Crippen LogP) is 3.45. The monoisotopic (exact) mass is 526 g/mol. The van der Waals surface area contributed by atoms with Gasteiger partial charge in [-0.15, -0.1) is 24.0 Å². The van der Waals surface area contributed by atoms with Crippen LogP contribution in [0.4, 0.5) is 0 Å². The number of halogens is 1. The van der Waals surface area contributed by atoms with Gasteiger partial charge in [-0.25, -0.2) is 14.7 Å². The number of aliphatic imine (C=N–C) groups is 1. The predicted molar refractivity (Wildman–Crippen MR) is 132 cm³/mol. The van der Waals surface area contributed by atoms with Crippen LogP contribution in [0.2, 0.25) is 0 Å². The van der Waals surface area contributed by atoms with Gasteiger partial charge in [0.25, 0.3) is 0 Å². The fourth-order valence-electron chi connectivity index (χ4n) is 3.59. The first-order valence-corrected chi connectivity index (χ1v) is 10.5. The molecular formula is C22H35IN6O. The summed E-state index contributed by atoms with van der Waals surface area (Å²) >= 11 is 0. The van der Waals surface area contributed by atoms with Crippen molar-refractivity contribution in [3.8, 4) is 5.75 Å². The van der Waals surface area contributed by atoms with Gasteiger partial charge < -0.3 is 15.4 Å². The van der Waals surface area contributed by atoms with Crippen LogP contribution in [0.5, 0.6) is 5.75 Å². The first-order chi connectivity index (χ1) is 13.9. The van der Waals surface area contributed by atoms with Gasteiger partial charge in [-0.3, -0.25) is 0 Å². The van der Waals surface area contributed by atoms with Crippen LogP contribution in [0.25, 0.3) is 0 Å². The van der Waals surface area contributed by atoms with E-state index in [9.17, 15) is 0 Å². The van der Waals surface area contributed by atoms with Crippen molar-refractivity contribution in [1.29, 1.82) is 0 Å². The summed E-state index contributed by atoms with van der Waals surface area (Å²) < 4.78 is 8.05. The highest BCUT2D eigenvalue weighted by Crippen LogP contribution is 2.30. The number of guanidine groups is 1. The average molecular weight is 526 g/mol. The first kappa shape index (κ1) is 24.4. The second kappa shape index (κ2) is 11.0. The molecule has 0 saturated carbocycles. The summed E-state index contributed by atoms with van der Waals surface area (Å²) in [6.07, 6.45) is 1.96. The lowest BCUT2D eigenvalue weighted by Crippen LogP contribution is -2.47. The maximum absolute atomic E-state index is 6.05. The third-order valence-corrected chi connectivity index (χ3v) is 4.96. The van der Waals surface area contributed by atoms with E-state index in [4.69, 9.17) is 9.73 Å². The second-order valence-corrected chi connectivity index (χ2v) is 8.49. The molecule has 2 heterocycles. The summed E-state index contributed by atoms with van der Waals surface area (Å²) in [5.41, 5.74) is 1.27. The molecule has 1 aromatic heterocycles. The summed E-state index contributed by atoms with van der Waals surface area (Å²) in [6, 6.07) is 8.54. The maximum atomic E-state index is 6.05. The molecule has 0 radical (unpaired) electrons. The molecule has 2 N–H and O–H groups in total. The van der Waals surface area contributed by atoms with Crippen LogP contribution in [0.3, 0.4) is 0 Å². The number of aryl methyl sites for hydroxylation is 2. The van der Waals surface area contributed by atoms with Gasteiger partial charge in [0.2, 0.25) is 0 Å². The normalized spacial score (nSPS) is 16.4. The molecule has 1 aromatic carbocycles. The van der Waals surface area contributed by atoms with Gasteiger partial charge in [-0.2, -0.15) is 5.10 Å². The van der Waals surface area contributed by atoms with Crippen LogP contribution in [-0.4, -0.2) is 46.5 Å². The Bertz CT molecular complexity index is 842. The van der Waals surface area contributed by atoms with Gasteiger partial charge in [-0.1, -0.05) is 39.0 Å². The van der Waals surface area contributed by atoms with Crippen LogP contribution in [0.15, 0.2) is 29.3 Å². The molecule has 3 rings (SSSR count). The summed E-state index contributed by atoms with van der Waals surface area (Å²) in [4.78, 5) is 9.18. The smallest absolute Gasteiger partial charge is 0.191 e. The zero-order valence-corrected chi connectivity index (χ0v) is 21.1. The van der Waals surface area contributed by atoms with Crippen molar-refractivity contribution in [3.63, 3.8) is 0 Å². The minimum absolute atomic E-state index is 0. The third kappa shape index (κ3) is 6.58. The lowest BCUT2D eigenvalue weighted by atomic mass is 9.86. The second-order valence-electron chi connectivity index (χ2n) is 8.49. The minimum atomic E-state index is 0. The quantitative estimate of drug-likeness (QED) is 0.261. The average Bonchev–Trinajstić information content (AvgIpc) is 3.04. The van der Waals surface area contributed by atoms with Crippen LogP contribution in [0.1, 0.15) is 51.3 Å². The zero-order valence-electron chi connectivity index (χ0n) is 18.7. The number of rotatable bonds is 6. The molecule has 0 aliphatic carbocycles. The number of fused-ring (bicyclic) bond motifs is 1. The van der Waals surface area contributed by atoms with Gasteiger partial charge in [-0.05, 0) is 37.3 Å². The fraction of sp³-hybridized carbons (Fsp3) is 0.591. The third-order valence-electron chi connectivity index (χ3n) is 4.96. The lowest BCUT2D eigenvalue weighted by Gasteiger charge is -2.25. The Balaban J connectivity index is 0.00000320. The Morgan fingerprint density at radius 1 is 1.30 bits per heavy atom. The van der Waals surface area contributed by atoms with Crippen LogP contribution < -0.4 is 15.4 Å². The van der Waals surface area contributed by atoms with Crippen molar-refractivity contribution in [2.75, 3.05) is 19.7 Å². The minimum Gasteiger partial charge on any atom is -0.491 e. The van der Waals surface area contributed by atoms with Crippen molar-refractivity contribution in [1.82, 2.24) is 25.4 Å². The largest absolute Gasteiger partial charge is 0.491 e. The highest BCUT2D eigenvalue weighted by atomic mass is 127. The molecule has 30 heavy (non-hydrogen) atoms. The molecule has 0 saturated heterocycles. The van der Waals surface area contributed by atoms with Gasteiger partial charge in [0.1, 0.15) is 24.0 Å². The highest BCUT2D eigenvalue weighted by Gasteiger charge is 2.21. The van der Waals surface area contributed by atoms with E-state index in [0.717, 1.165) is 49.3 Å². The SMILES string of the molecule is CCNC(=NCCOc1ccccc1C(C)(C)C)NC1CCc2nc(C)nn2C1.I.